The van der Waals surface area contributed by atoms with E-state index in [0.29, 0.717) is 0 Å². The van der Waals surface area contributed by atoms with Gasteiger partial charge in [-0.05, 0) is 19.1 Å². The summed E-state index contributed by atoms with van der Waals surface area (Å²) in [5.41, 5.74) is 4.76. The molecule has 0 bridgehead atoms. The first-order chi connectivity index (χ1) is 6.82. The highest BCUT2D eigenvalue weighted by molar-refractivity contribution is 5.92. The van der Waals surface area contributed by atoms with E-state index in [2.05, 4.69) is 4.98 Å². The second kappa shape index (κ2) is 3.88. The molecule has 0 aliphatic heterocycles. The molecule has 6 heteroatoms. The van der Waals surface area contributed by atoms with Crippen LogP contribution in [0.15, 0.2) is 18.3 Å². The Hall–Kier alpha value is -1.59. The van der Waals surface area contributed by atoms with Gasteiger partial charge >= 0.3 is 6.18 Å². The van der Waals surface area contributed by atoms with E-state index in [-0.39, 0.29) is 11.3 Å². The molecular formula is C9H9F3N2O. The van der Waals surface area contributed by atoms with E-state index in [0.717, 1.165) is 19.2 Å². The second-order valence-electron chi connectivity index (χ2n) is 3.10. The SMILES string of the molecule is CC(c1cc(C(N)=O)ccn1)C(F)(F)F. The van der Waals surface area contributed by atoms with Crippen LogP contribution in [0.25, 0.3) is 0 Å². The Bertz CT molecular complexity index is 376. The molecule has 1 atom stereocenters. The number of carbonyl (C=O) groups is 1. The molecule has 0 aromatic carbocycles. The van der Waals surface area contributed by atoms with E-state index < -0.39 is 18.0 Å². The van der Waals surface area contributed by atoms with Gasteiger partial charge in [0.15, 0.2) is 0 Å². The van der Waals surface area contributed by atoms with E-state index in [9.17, 15) is 18.0 Å². The van der Waals surface area contributed by atoms with E-state index >= 15 is 0 Å². The van der Waals surface area contributed by atoms with Crippen molar-refractivity contribution in [1.29, 1.82) is 0 Å². The molecule has 1 rings (SSSR count). The van der Waals surface area contributed by atoms with Crippen molar-refractivity contribution < 1.29 is 18.0 Å². The summed E-state index contributed by atoms with van der Waals surface area (Å²) in [5.74, 6) is -2.48. The molecule has 3 nitrogen and oxygen atoms in total. The average molecular weight is 218 g/mol. The lowest BCUT2D eigenvalue weighted by Gasteiger charge is -2.14. The van der Waals surface area contributed by atoms with Gasteiger partial charge in [0.2, 0.25) is 5.91 Å². The number of alkyl halides is 3. The van der Waals surface area contributed by atoms with Gasteiger partial charge in [0.25, 0.3) is 0 Å². The smallest absolute Gasteiger partial charge is 0.366 e. The Kier molecular flexibility index (Phi) is 2.97. The highest BCUT2D eigenvalue weighted by Gasteiger charge is 2.38. The van der Waals surface area contributed by atoms with Gasteiger partial charge in [-0.1, -0.05) is 0 Å². The Morgan fingerprint density at radius 2 is 2.13 bits per heavy atom. The summed E-state index contributed by atoms with van der Waals surface area (Å²) >= 11 is 0. The zero-order valence-corrected chi connectivity index (χ0v) is 7.88. The Morgan fingerprint density at radius 1 is 1.53 bits per heavy atom. The summed E-state index contributed by atoms with van der Waals surface area (Å²) in [6.45, 7) is 0.979. The quantitative estimate of drug-likeness (QED) is 0.823. The number of carbonyl (C=O) groups excluding carboxylic acids is 1. The van der Waals surface area contributed by atoms with Crippen LogP contribution in [-0.4, -0.2) is 17.1 Å². The summed E-state index contributed by atoms with van der Waals surface area (Å²) in [7, 11) is 0. The van der Waals surface area contributed by atoms with Gasteiger partial charge in [-0.15, -0.1) is 0 Å². The maximum absolute atomic E-state index is 12.3. The summed E-state index contributed by atoms with van der Waals surface area (Å²) in [6.07, 6.45) is -3.24. The molecule has 0 saturated carbocycles. The molecule has 0 aliphatic rings. The number of rotatable bonds is 2. The van der Waals surface area contributed by atoms with Crippen LogP contribution < -0.4 is 5.73 Å². The third-order valence-electron chi connectivity index (χ3n) is 2.00. The van der Waals surface area contributed by atoms with Gasteiger partial charge in [0, 0.05) is 11.8 Å². The van der Waals surface area contributed by atoms with Crippen LogP contribution >= 0.6 is 0 Å². The van der Waals surface area contributed by atoms with Crippen LogP contribution in [0.1, 0.15) is 28.9 Å². The molecule has 0 radical (unpaired) electrons. The maximum atomic E-state index is 12.3. The number of aromatic nitrogens is 1. The van der Waals surface area contributed by atoms with Gasteiger partial charge in [-0.3, -0.25) is 9.78 Å². The minimum atomic E-state index is -4.37. The first-order valence-electron chi connectivity index (χ1n) is 4.15. The second-order valence-corrected chi connectivity index (χ2v) is 3.10. The number of primary amides is 1. The van der Waals surface area contributed by atoms with E-state index in [1.807, 2.05) is 0 Å². The number of nitrogens with two attached hydrogens (primary N) is 1. The fourth-order valence-corrected chi connectivity index (χ4v) is 1.01. The maximum Gasteiger partial charge on any atom is 0.396 e. The highest BCUT2D eigenvalue weighted by Crippen LogP contribution is 2.33. The van der Waals surface area contributed by atoms with Crippen molar-refractivity contribution in [2.75, 3.05) is 0 Å². The lowest BCUT2D eigenvalue weighted by Crippen LogP contribution is -2.20. The summed E-state index contributed by atoms with van der Waals surface area (Å²) in [5, 5.41) is 0. The van der Waals surface area contributed by atoms with Crippen molar-refractivity contribution in [3.8, 4) is 0 Å². The van der Waals surface area contributed by atoms with Gasteiger partial charge in [-0.25, -0.2) is 0 Å². The van der Waals surface area contributed by atoms with Crippen LogP contribution in [0.2, 0.25) is 0 Å². The number of hydrogen-bond donors (Lipinski definition) is 1. The van der Waals surface area contributed by atoms with Crippen molar-refractivity contribution >= 4 is 5.91 Å². The Morgan fingerprint density at radius 3 is 2.60 bits per heavy atom. The standard InChI is InChI=1S/C9H9F3N2O/c1-5(9(10,11)12)7-4-6(8(13)15)2-3-14-7/h2-5H,1H3,(H2,13,15). The molecule has 1 aromatic heterocycles. The van der Waals surface area contributed by atoms with Crippen molar-refractivity contribution in [2.24, 2.45) is 5.73 Å². The molecule has 1 unspecified atom stereocenters. The van der Waals surface area contributed by atoms with Gasteiger partial charge in [0.1, 0.15) is 0 Å². The summed E-state index contributed by atoms with van der Waals surface area (Å²) < 4.78 is 36.9. The molecule has 0 fully saturated rings. The molecule has 1 heterocycles. The highest BCUT2D eigenvalue weighted by atomic mass is 19.4. The molecule has 15 heavy (non-hydrogen) atoms. The molecule has 0 spiro atoms. The monoisotopic (exact) mass is 218 g/mol. The van der Waals surface area contributed by atoms with Crippen LogP contribution in [0.3, 0.4) is 0 Å². The normalized spacial score (nSPS) is 13.6. The predicted octanol–water partition coefficient (Wildman–Crippen LogP) is 1.85. The molecule has 0 aliphatic carbocycles. The summed E-state index contributed by atoms with van der Waals surface area (Å²) in [4.78, 5) is 14.3. The van der Waals surface area contributed by atoms with Gasteiger partial charge in [-0.2, -0.15) is 13.2 Å². The summed E-state index contributed by atoms with van der Waals surface area (Å²) in [6, 6.07) is 2.33. The largest absolute Gasteiger partial charge is 0.396 e. The van der Waals surface area contributed by atoms with Crippen molar-refractivity contribution in [1.82, 2.24) is 4.98 Å². The minimum Gasteiger partial charge on any atom is -0.366 e. The number of amides is 1. The third-order valence-corrected chi connectivity index (χ3v) is 2.00. The van der Waals surface area contributed by atoms with E-state index in [4.69, 9.17) is 5.73 Å². The van der Waals surface area contributed by atoms with E-state index in [1.54, 1.807) is 0 Å². The first-order valence-corrected chi connectivity index (χ1v) is 4.15. The topological polar surface area (TPSA) is 56.0 Å². The molecule has 1 amide bonds. The average Bonchev–Trinajstić information content (AvgIpc) is 2.15. The molecule has 1 aromatic rings. The van der Waals surface area contributed by atoms with E-state index in [1.165, 1.54) is 6.07 Å². The number of hydrogen-bond acceptors (Lipinski definition) is 2. The minimum absolute atomic E-state index is 0.0242. The van der Waals surface area contributed by atoms with Crippen molar-refractivity contribution in [2.45, 2.75) is 19.0 Å². The van der Waals surface area contributed by atoms with Crippen LogP contribution in [-0.2, 0) is 0 Å². The lowest BCUT2D eigenvalue weighted by atomic mass is 10.0. The molecule has 2 N–H and O–H groups in total. The van der Waals surface area contributed by atoms with Gasteiger partial charge in [0.05, 0.1) is 11.6 Å². The molecule has 0 saturated heterocycles. The molecular weight excluding hydrogens is 209 g/mol. The van der Waals surface area contributed by atoms with Crippen LogP contribution in [0.5, 0.6) is 0 Å². The zero-order valence-electron chi connectivity index (χ0n) is 7.88. The van der Waals surface area contributed by atoms with Crippen molar-refractivity contribution in [3.63, 3.8) is 0 Å². The van der Waals surface area contributed by atoms with Crippen LogP contribution in [0, 0.1) is 0 Å². The Labute approximate surface area is 84.1 Å². The Balaban J connectivity index is 3.06. The lowest BCUT2D eigenvalue weighted by molar-refractivity contribution is -0.147. The number of pyridine rings is 1. The van der Waals surface area contributed by atoms with Crippen molar-refractivity contribution in [3.05, 3.63) is 29.6 Å². The molecule has 82 valence electrons. The predicted molar refractivity (Wildman–Crippen MR) is 47.2 cm³/mol. The fraction of sp³-hybridized carbons (Fsp3) is 0.333. The fourth-order valence-electron chi connectivity index (χ4n) is 1.01. The zero-order chi connectivity index (χ0) is 11.6. The van der Waals surface area contributed by atoms with Crippen LogP contribution in [0.4, 0.5) is 13.2 Å². The number of halogens is 3. The first kappa shape index (κ1) is 11.5. The number of nitrogens with zero attached hydrogens (tertiary/aromatic N) is 1. The third kappa shape index (κ3) is 2.68. The van der Waals surface area contributed by atoms with Gasteiger partial charge < -0.3 is 5.73 Å².